The van der Waals surface area contributed by atoms with Gasteiger partial charge >= 0.3 is 0 Å². The molecule has 7 heteroatoms. The Kier molecular flexibility index (Phi) is 3.51. The van der Waals surface area contributed by atoms with Crippen LogP contribution in [-0.2, 0) is 9.84 Å². The molecule has 4 nitrogen and oxygen atoms in total. The molecule has 1 saturated carbocycles. The monoisotopic (exact) mass is 280 g/mol. The Labute approximate surface area is 104 Å². The molecule has 90 valence electrons. The van der Waals surface area contributed by atoms with Gasteiger partial charge in [-0.25, -0.2) is 13.4 Å². The third kappa shape index (κ3) is 2.73. The molecular weight excluding hydrogens is 268 g/mol. The molecule has 0 aromatic carbocycles. The SMILES string of the molecule is CC(CCl)CS(=O)(=O)c1nc(C2CC2)ns1. The molecule has 1 aliphatic rings. The van der Waals surface area contributed by atoms with Crippen molar-refractivity contribution in [1.82, 2.24) is 9.36 Å². The van der Waals surface area contributed by atoms with E-state index >= 15 is 0 Å². The molecule has 0 N–H and O–H groups in total. The van der Waals surface area contributed by atoms with Gasteiger partial charge in [-0.05, 0) is 30.3 Å². The number of hydrogen-bond acceptors (Lipinski definition) is 5. The lowest BCUT2D eigenvalue weighted by Crippen LogP contribution is -2.15. The number of halogens is 1. The van der Waals surface area contributed by atoms with E-state index in [1.54, 1.807) is 0 Å². The normalized spacial score (nSPS) is 18.6. The van der Waals surface area contributed by atoms with Crippen LogP contribution in [-0.4, -0.2) is 29.4 Å². The lowest BCUT2D eigenvalue weighted by atomic mass is 10.3. The molecule has 0 spiro atoms. The molecule has 1 heterocycles. The minimum atomic E-state index is -3.30. The van der Waals surface area contributed by atoms with Gasteiger partial charge < -0.3 is 0 Å². The van der Waals surface area contributed by atoms with Crippen molar-refractivity contribution in [2.24, 2.45) is 5.92 Å². The molecule has 1 aliphatic carbocycles. The summed E-state index contributed by atoms with van der Waals surface area (Å²) in [6.07, 6.45) is 2.16. The summed E-state index contributed by atoms with van der Waals surface area (Å²) in [5, 5.41) is 0. The van der Waals surface area contributed by atoms with Crippen LogP contribution in [0.4, 0.5) is 0 Å². The van der Waals surface area contributed by atoms with Gasteiger partial charge in [0.15, 0.2) is 0 Å². The van der Waals surface area contributed by atoms with Crippen LogP contribution < -0.4 is 0 Å². The third-order valence-corrected chi connectivity index (χ3v) is 6.07. The van der Waals surface area contributed by atoms with Gasteiger partial charge in [0.05, 0.1) is 5.75 Å². The fraction of sp³-hybridized carbons (Fsp3) is 0.778. The van der Waals surface area contributed by atoms with Crippen molar-refractivity contribution in [3.05, 3.63) is 5.82 Å². The van der Waals surface area contributed by atoms with Gasteiger partial charge in [0.2, 0.25) is 14.2 Å². The van der Waals surface area contributed by atoms with E-state index in [4.69, 9.17) is 11.6 Å². The Morgan fingerprint density at radius 1 is 1.56 bits per heavy atom. The van der Waals surface area contributed by atoms with Gasteiger partial charge in [-0.15, -0.1) is 11.6 Å². The summed E-state index contributed by atoms with van der Waals surface area (Å²) >= 11 is 6.60. The van der Waals surface area contributed by atoms with E-state index in [0.29, 0.717) is 17.6 Å². The maximum Gasteiger partial charge on any atom is 0.228 e. The van der Waals surface area contributed by atoms with E-state index in [1.165, 1.54) is 0 Å². The van der Waals surface area contributed by atoms with E-state index in [0.717, 1.165) is 24.4 Å². The zero-order chi connectivity index (χ0) is 11.8. The predicted molar refractivity (Wildman–Crippen MR) is 63.8 cm³/mol. The second-order valence-corrected chi connectivity index (χ2v) is 7.50. The lowest BCUT2D eigenvalue weighted by molar-refractivity contribution is 0.582. The first-order chi connectivity index (χ1) is 7.53. The zero-order valence-corrected chi connectivity index (χ0v) is 11.3. The molecule has 0 bridgehead atoms. The van der Waals surface area contributed by atoms with Crippen molar-refractivity contribution in [2.45, 2.75) is 30.0 Å². The fourth-order valence-corrected chi connectivity index (χ4v) is 4.09. The van der Waals surface area contributed by atoms with Crippen molar-refractivity contribution in [2.75, 3.05) is 11.6 Å². The van der Waals surface area contributed by atoms with Gasteiger partial charge in [0.25, 0.3) is 0 Å². The van der Waals surface area contributed by atoms with E-state index < -0.39 is 9.84 Å². The van der Waals surface area contributed by atoms with Crippen LogP contribution in [0.2, 0.25) is 0 Å². The molecule has 0 amide bonds. The summed E-state index contributed by atoms with van der Waals surface area (Å²) in [7, 11) is -3.30. The van der Waals surface area contributed by atoms with Gasteiger partial charge in [-0.2, -0.15) is 4.37 Å². The van der Waals surface area contributed by atoms with Crippen molar-refractivity contribution in [3.8, 4) is 0 Å². The molecule has 1 atom stereocenters. The van der Waals surface area contributed by atoms with Crippen LogP contribution in [0.25, 0.3) is 0 Å². The number of hydrogen-bond donors (Lipinski definition) is 0. The van der Waals surface area contributed by atoms with E-state index in [-0.39, 0.29) is 16.0 Å². The Balaban J connectivity index is 2.14. The van der Waals surface area contributed by atoms with Gasteiger partial charge in [-0.1, -0.05) is 6.92 Å². The number of nitrogens with zero attached hydrogens (tertiary/aromatic N) is 2. The van der Waals surface area contributed by atoms with Crippen molar-refractivity contribution < 1.29 is 8.42 Å². The summed E-state index contributed by atoms with van der Waals surface area (Å²) in [5.74, 6) is 1.43. The summed E-state index contributed by atoms with van der Waals surface area (Å²) in [4.78, 5) is 4.11. The highest BCUT2D eigenvalue weighted by Gasteiger charge is 2.30. The Morgan fingerprint density at radius 3 is 2.81 bits per heavy atom. The molecule has 2 rings (SSSR count). The zero-order valence-electron chi connectivity index (χ0n) is 8.89. The number of alkyl halides is 1. The average Bonchev–Trinajstić information content (AvgIpc) is 2.95. The van der Waals surface area contributed by atoms with Crippen molar-refractivity contribution >= 4 is 33.0 Å². The highest BCUT2D eigenvalue weighted by molar-refractivity contribution is 7.93. The van der Waals surface area contributed by atoms with Gasteiger partial charge in [-0.3, -0.25) is 0 Å². The predicted octanol–water partition coefficient (Wildman–Crippen LogP) is 2.06. The molecule has 0 saturated heterocycles. The van der Waals surface area contributed by atoms with E-state index in [2.05, 4.69) is 9.36 Å². The first-order valence-electron chi connectivity index (χ1n) is 5.15. The van der Waals surface area contributed by atoms with Crippen molar-refractivity contribution in [1.29, 1.82) is 0 Å². The van der Waals surface area contributed by atoms with Gasteiger partial charge in [0.1, 0.15) is 5.82 Å². The van der Waals surface area contributed by atoms with Crippen LogP contribution in [0.3, 0.4) is 0 Å². The summed E-state index contributed by atoms with van der Waals surface area (Å²) in [6, 6.07) is 0. The van der Waals surface area contributed by atoms with E-state index in [1.807, 2.05) is 6.92 Å². The first kappa shape index (κ1) is 12.3. The molecule has 0 radical (unpaired) electrons. The van der Waals surface area contributed by atoms with Crippen LogP contribution in [0.15, 0.2) is 4.34 Å². The van der Waals surface area contributed by atoms with Crippen LogP contribution in [0.1, 0.15) is 31.5 Å². The quantitative estimate of drug-likeness (QED) is 0.775. The second-order valence-electron chi connectivity index (χ2n) is 4.23. The maximum atomic E-state index is 11.9. The Bertz CT molecular complexity index is 468. The highest BCUT2D eigenvalue weighted by atomic mass is 35.5. The van der Waals surface area contributed by atoms with Crippen LogP contribution >= 0.6 is 23.1 Å². The molecule has 0 aliphatic heterocycles. The standard InChI is InChI=1S/C9H13ClN2O2S2/c1-6(4-10)5-16(13,14)9-11-8(12-15-9)7-2-3-7/h6-7H,2-5H2,1H3. The van der Waals surface area contributed by atoms with E-state index in [9.17, 15) is 8.42 Å². The Hall–Kier alpha value is -0.200. The third-order valence-electron chi connectivity index (χ3n) is 2.40. The molecule has 1 aromatic heterocycles. The fourth-order valence-electron chi connectivity index (χ4n) is 1.34. The first-order valence-corrected chi connectivity index (χ1v) is 8.11. The molecule has 1 fully saturated rings. The Morgan fingerprint density at radius 2 is 2.25 bits per heavy atom. The largest absolute Gasteiger partial charge is 0.228 e. The topological polar surface area (TPSA) is 59.9 Å². The second kappa shape index (κ2) is 4.58. The van der Waals surface area contributed by atoms with Crippen molar-refractivity contribution in [3.63, 3.8) is 0 Å². The van der Waals surface area contributed by atoms with Crippen LogP contribution in [0.5, 0.6) is 0 Å². The summed E-state index contributed by atoms with van der Waals surface area (Å²) in [6.45, 7) is 1.81. The average molecular weight is 281 g/mol. The lowest BCUT2D eigenvalue weighted by Gasteiger charge is -2.05. The number of aromatic nitrogens is 2. The summed E-state index contributed by atoms with van der Waals surface area (Å²) < 4.78 is 28.1. The minimum Gasteiger partial charge on any atom is -0.221 e. The highest BCUT2D eigenvalue weighted by Crippen LogP contribution is 2.39. The minimum absolute atomic E-state index is 0.0514. The van der Waals surface area contributed by atoms with Gasteiger partial charge in [0, 0.05) is 11.8 Å². The molecule has 1 unspecified atom stereocenters. The smallest absolute Gasteiger partial charge is 0.221 e. The van der Waals surface area contributed by atoms with Crippen LogP contribution in [0, 0.1) is 5.92 Å². The molecular formula is C9H13ClN2O2S2. The maximum absolute atomic E-state index is 11.9. The number of sulfone groups is 1. The molecule has 1 aromatic rings. The number of rotatable bonds is 5. The molecule has 16 heavy (non-hydrogen) atoms. The summed E-state index contributed by atoms with van der Waals surface area (Å²) in [5.41, 5.74) is 0.